The van der Waals surface area contributed by atoms with Crippen LogP contribution in [0.1, 0.15) is 13.8 Å². The van der Waals surface area contributed by atoms with Crippen molar-refractivity contribution in [2.45, 2.75) is 26.5 Å². The van der Waals surface area contributed by atoms with Crippen molar-refractivity contribution in [2.75, 3.05) is 5.32 Å². The molecule has 1 amide bonds. The monoisotopic (exact) mass is 344 g/mol. The van der Waals surface area contributed by atoms with E-state index in [1.165, 1.54) is 22.2 Å². The van der Waals surface area contributed by atoms with Crippen LogP contribution in [0.5, 0.6) is 5.88 Å². The first-order valence-electron chi connectivity index (χ1n) is 7.38. The third-order valence-corrected chi connectivity index (χ3v) is 3.96. The lowest BCUT2D eigenvalue weighted by atomic mass is 10.3. The zero-order valence-electron chi connectivity index (χ0n) is 13.2. The number of pyridine rings is 1. The third kappa shape index (κ3) is 3.60. The first-order valence-corrected chi connectivity index (χ1v) is 8.26. The molecule has 8 heteroatoms. The lowest BCUT2D eigenvalue weighted by Crippen LogP contribution is -2.27. The zero-order valence-corrected chi connectivity index (χ0v) is 14.0. The number of nitrogens with zero attached hydrogens (tertiary/aromatic N) is 3. The highest BCUT2D eigenvalue weighted by Crippen LogP contribution is 2.16. The molecule has 124 valence electrons. The van der Waals surface area contributed by atoms with Gasteiger partial charge in [-0.1, -0.05) is 0 Å². The summed E-state index contributed by atoms with van der Waals surface area (Å²) in [6.45, 7) is 3.68. The maximum absolute atomic E-state index is 12.3. The Labute approximate surface area is 141 Å². The first-order chi connectivity index (χ1) is 11.5. The standard InChI is InChI=1S/C16H16N4O3S/c1-10(2)23-14-7-11(3-5-17-14)19-13(21)8-20-9-18-15-12(16(20)22)4-6-24-15/h3-7,9-10H,8H2,1-2H3,(H,17,19,21). The Morgan fingerprint density at radius 2 is 2.21 bits per heavy atom. The maximum Gasteiger partial charge on any atom is 0.262 e. The molecule has 0 atom stereocenters. The fourth-order valence-electron chi connectivity index (χ4n) is 2.15. The van der Waals surface area contributed by atoms with E-state index in [4.69, 9.17) is 4.74 Å². The fraction of sp³-hybridized carbons (Fsp3) is 0.250. The van der Waals surface area contributed by atoms with Crippen molar-refractivity contribution in [3.05, 3.63) is 46.5 Å². The Morgan fingerprint density at radius 3 is 3.00 bits per heavy atom. The second-order valence-corrected chi connectivity index (χ2v) is 6.31. The molecular formula is C16H16N4O3S. The number of hydrogen-bond acceptors (Lipinski definition) is 6. The van der Waals surface area contributed by atoms with Crippen LogP contribution in [0.3, 0.4) is 0 Å². The minimum atomic E-state index is -0.324. The fourth-order valence-corrected chi connectivity index (χ4v) is 2.88. The number of anilines is 1. The molecule has 0 aromatic carbocycles. The van der Waals surface area contributed by atoms with E-state index in [2.05, 4.69) is 15.3 Å². The number of amides is 1. The van der Waals surface area contributed by atoms with Gasteiger partial charge in [-0.2, -0.15) is 0 Å². The first kappa shape index (κ1) is 16.1. The zero-order chi connectivity index (χ0) is 17.1. The number of ether oxygens (including phenoxy) is 1. The summed E-state index contributed by atoms with van der Waals surface area (Å²) in [6.07, 6.45) is 2.93. The molecule has 1 N–H and O–H groups in total. The molecule has 0 saturated carbocycles. The van der Waals surface area contributed by atoms with E-state index >= 15 is 0 Å². The highest BCUT2D eigenvalue weighted by Gasteiger charge is 2.10. The molecule has 0 saturated heterocycles. The van der Waals surface area contributed by atoms with Crippen LogP contribution < -0.4 is 15.6 Å². The summed E-state index contributed by atoms with van der Waals surface area (Å²) < 4.78 is 6.78. The number of aromatic nitrogens is 3. The van der Waals surface area contributed by atoms with Gasteiger partial charge in [0.2, 0.25) is 11.8 Å². The normalized spacial score (nSPS) is 11.0. The van der Waals surface area contributed by atoms with Gasteiger partial charge < -0.3 is 10.1 Å². The van der Waals surface area contributed by atoms with Crippen LogP contribution in [-0.4, -0.2) is 26.5 Å². The summed E-state index contributed by atoms with van der Waals surface area (Å²) in [5.74, 6) is 0.108. The van der Waals surface area contributed by atoms with E-state index in [1.54, 1.807) is 29.8 Å². The Bertz CT molecular complexity index is 932. The number of fused-ring (bicyclic) bond motifs is 1. The van der Waals surface area contributed by atoms with Crippen molar-refractivity contribution in [2.24, 2.45) is 0 Å². The summed E-state index contributed by atoms with van der Waals surface area (Å²) in [4.78, 5) is 33.4. The topological polar surface area (TPSA) is 86.1 Å². The SMILES string of the molecule is CC(C)Oc1cc(NC(=O)Cn2cnc3sccc3c2=O)ccn1. The third-order valence-electron chi connectivity index (χ3n) is 3.14. The Morgan fingerprint density at radius 1 is 1.38 bits per heavy atom. The van der Waals surface area contributed by atoms with Crippen molar-refractivity contribution in [3.63, 3.8) is 0 Å². The van der Waals surface area contributed by atoms with Crippen molar-refractivity contribution in [1.29, 1.82) is 0 Å². The smallest absolute Gasteiger partial charge is 0.262 e. The van der Waals surface area contributed by atoms with E-state index in [0.717, 1.165) is 0 Å². The quantitative estimate of drug-likeness (QED) is 0.767. The molecule has 0 bridgehead atoms. The lowest BCUT2D eigenvalue weighted by Gasteiger charge is -2.11. The predicted molar refractivity (Wildman–Crippen MR) is 92.5 cm³/mol. The molecule has 0 aliphatic heterocycles. The van der Waals surface area contributed by atoms with Gasteiger partial charge in [-0.25, -0.2) is 9.97 Å². The van der Waals surface area contributed by atoms with Crippen LogP contribution >= 0.6 is 11.3 Å². The van der Waals surface area contributed by atoms with Crippen LogP contribution in [0.4, 0.5) is 5.69 Å². The van der Waals surface area contributed by atoms with E-state index in [1.807, 2.05) is 13.8 Å². The Balaban J connectivity index is 1.73. The number of hydrogen-bond donors (Lipinski definition) is 1. The predicted octanol–water partition coefficient (Wildman–Crippen LogP) is 2.28. The Kier molecular flexibility index (Phi) is 4.57. The molecule has 7 nitrogen and oxygen atoms in total. The molecule has 0 radical (unpaired) electrons. The van der Waals surface area contributed by atoms with Crippen LogP contribution in [0.25, 0.3) is 10.2 Å². The van der Waals surface area contributed by atoms with Gasteiger partial charge in [-0.05, 0) is 31.4 Å². The van der Waals surface area contributed by atoms with Crippen molar-refractivity contribution >= 4 is 33.1 Å². The van der Waals surface area contributed by atoms with Crippen LogP contribution in [0.2, 0.25) is 0 Å². The molecular weight excluding hydrogens is 328 g/mol. The van der Waals surface area contributed by atoms with Crippen molar-refractivity contribution < 1.29 is 9.53 Å². The summed E-state index contributed by atoms with van der Waals surface area (Å²) in [6, 6.07) is 5.01. The van der Waals surface area contributed by atoms with Gasteiger partial charge in [-0.3, -0.25) is 14.2 Å². The molecule has 0 fully saturated rings. The highest BCUT2D eigenvalue weighted by atomic mass is 32.1. The molecule has 0 aliphatic carbocycles. The van der Waals surface area contributed by atoms with Gasteiger partial charge in [0, 0.05) is 18.0 Å². The lowest BCUT2D eigenvalue weighted by molar-refractivity contribution is -0.116. The van der Waals surface area contributed by atoms with E-state index in [9.17, 15) is 9.59 Å². The molecule has 0 unspecified atom stereocenters. The van der Waals surface area contributed by atoms with E-state index in [0.29, 0.717) is 21.8 Å². The van der Waals surface area contributed by atoms with Gasteiger partial charge in [-0.15, -0.1) is 11.3 Å². The highest BCUT2D eigenvalue weighted by molar-refractivity contribution is 7.16. The van der Waals surface area contributed by atoms with Crippen molar-refractivity contribution in [3.8, 4) is 5.88 Å². The summed E-state index contributed by atoms with van der Waals surface area (Å²) in [5, 5.41) is 5.05. The molecule has 0 aliphatic rings. The molecule has 0 spiro atoms. The van der Waals surface area contributed by atoms with Crippen molar-refractivity contribution in [1.82, 2.24) is 14.5 Å². The number of thiophene rings is 1. The molecule has 24 heavy (non-hydrogen) atoms. The minimum Gasteiger partial charge on any atom is -0.475 e. The minimum absolute atomic E-state index is 0.00885. The average Bonchev–Trinajstić information content (AvgIpc) is 2.99. The van der Waals surface area contributed by atoms with Gasteiger partial charge in [0.15, 0.2) is 0 Å². The van der Waals surface area contributed by atoms with Gasteiger partial charge in [0.1, 0.15) is 11.4 Å². The summed E-state index contributed by atoms with van der Waals surface area (Å²) >= 11 is 1.39. The Hall–Kier alpha value is -2.74. The van der Waals surface area contributed by atoms with Crippen LogP contribution in [0.15, 0.2) is 40.9 Å². The van der Waals surface area contributed by atoms with Gasteiger partial charge >= 0.3 is 0 Å². The van der Waals surface area contributed by atoms with Crippen LogP contribution in [-0.2, 0) is 11.3 Å². The van der Waals surface area contributed by atoms with Gasteiger partial charge in [0.05, 0.1) is 17.8 Å². The largest absolute Gasteiger partial charge is 0.475 e. The van der Waals surface area contributed by atoms with Crippen LogP contribution in [0, 0.1) is 0 Å². The number of nitrogens with one attached hydrogen (secondary N) is 1. The van der Waals surface area contributed by atoms with E-state index in [-0.39, 0.29) is 24.1 Å². The molecule has 3 aromatic rings. The second kappa shape index (κ2) is 6.79. The molecule has 3 rings (SSSR count). The summed E-state index contributed by atoms with van der Waals surface area (Å²) in [5.41, 5.74) is 0.332. The van der Waals surface area contributed by atoms with Gasteiger partial charge in [0.25, 0.3) is 5.56 Å². The molecule has 3 aromatic heterocycles. The maximum atomic E-state index is 12.3. The van der Waals surface area contributed by atoms with E-state index < -0.39 is 0 Å². The molecule has 3 heterocycles. The number of carbonyl (C=O) groups excluding carboxylic acids is 1. The number of carbonyl (C=O) groups is 1. The second-order valence-electron chi connectivity index (χ2n) is 5.41. The number of rotatable bonds is 5. The average molecular weight is 344 g/mol. The summed E-state index contributed by atoms with van der Waals surface area (Å²) in [7, 11) is 0.